The van der Waals surface area contributed by atoms with E-state index in [0.717, 1.165) is 6.07 Å². The van der Waals surface area contributed by atoms with Gasteiger partial charge in [-0.2, -0.15) is 0 Å². The van der Waals surface area contributed by atoms with E-state index in [2.05, 4.69) is 15.4 Å². The first-order chi connectivity index (χ1) is 20.9. The summed E-state index contributed by atoms with van der Waals surface area (Å²) >= 11 is 0. The van der Waals surface area contributed by atoms with E-state index < -0.39 is 43.9 Å². The SMILES string of the molecule is Cc1c(NC(=O)c2cccc(NC(=O)c3cccc(NS(=O)(=O)c4ccc(F)c(F)c4)c3)c2)c(=O)n(-c2ccccc2)n1C. The van der Waals surface area contributed by atoms with Crippen molar-refractivity contribution >= 4 is 38.9 Å². The van der Waals surface area contributed by atoms with Gasteiger partial charge in [-0.1, -0.05) is 30.3 Å². The highest BCUT2D eigenvalue weighted by molar-refractivity contribution is 7.92. The summed E-state index contributed by atoms with van der Waals surface area (Å²) in [6.45, 7) is 1.71. The first-order valence-electron chi connectivity index (χ1n) is 13.1. The van der Waals surface area contributed by atoms with E-state index in [9.17, 15) is 31.6 Å². The molecule has 10 nitrogen and oxygen atoms in total. The number of nitrogens with zero attached hydrogens (tertiary/aromatic N) is 2. The zero-order valence-electron chi connectivity index (χ0n) is 23.3. The van der Waals surface area contributed by atoms with Crippen LogP contribution in [0.1, 0.15) is 26.4 Å². The standard InChI is InChI=1S/C31H25F2N5O5S/c1-19-28(31(41)38(37(19)2)24-12-4-3-5-13-24)35-30(40)20-8-6-10-22(16-20)34-29(39)21-9-7-11-23(17-21)36-44(42,43)25-14-15-26(32)27(33)18-25/h3-18,36H,1-2H3,(H,34,39)(H,35,40). The molecule has 5 aromatic rings. The molecule has 44 heavy (non-hydrogen) atoms. The summed E-state index contributed by atoms with van der Waals surface area (Å²) < 4.78 is 57.4. The van der Waals surface area contributed by atoms with E-state index in [1.165, 1.54) is 41.1 Å². The van der Waals surface area contributed by atoms with Gasteiger partial charge in [0.25, 0.3) is 27.4 Å². The van der Waals surface area contributed by atoms with Crippen LogP contribution in [0.2, 0.25) is 0 Å². The molecule has 3 N–H and O–H groups in total. The van der Waals surface area contributed by atoms with Crippen molar-refractivity contribution in [3.63, 3.8) is 0 Å². The lowest BCUT2D eigenvalue weighted by Crippen LogP contribution is -2.23. The van der Waals surface area contributed by atoms with E-state index in [-0.39, 0.29) is 28.2 Å². The summed E-state index contributed by atoms with van der Waals surface area (Å²) in [6.07, 6.45) is 0. The maximum absolute atomic E-state index is 13.6. The Morgan fingerprint density at radius 3 is 2.00 bits per heavy atom. The summed E-state index contributed by atoms with van der Waals surface area (Å²) in [6, 6.07) is 22.7. The fourth-order valence-electron chi connectivity index (χ4n) is 4.42. The number of nitrogens with one attached hydrogen (secondary N) is 3. The van der Waals surface area contributed by atoms with Gasteiger partial charge in [0, 0.05) is 29.5 Å². The minimum absolute atomic E-state index is 0.00917. The predicted molar refractivity (Wildman–Crippen MR) is 162 cm³/mol. The third-order valence-corrected chi connectivity index (χ3v) is 8.13. The summed E-state index contributed by atoms with van der Waals surface area (Å²) in [5, 5.41) is 5.32. The van der Waals surface area contributed by atoms with E-state index >= 15 is 0 Å². The lowest BCUT2D eigenvalue weighted by atomic mass is 10.1. The summed E-state index contributed by atoms with van der Waals surface area (Å²) in [4.78, 5) is 38.8. The summed E-state index contributed by atoms with van der Waals surface area (Å²) in [7, 11) is -2.57. The molecule has 0 bridgehead atoms. The van der Waals surface area contributed by atoms with Gasteiger partial charge in [0.2, 0.25) is 0 Å². The van der Waals surface area contributed by atoms with Crippen molar-refractivity contribution in [2.24, 2.45) is 7.05 Å². The van der Waals surface area contributed by atoms with Gasteiger partial charge in [-0.25, -0.2) is 21.9 Å². The normalized spacial score (nSPS) is 11.2. The molecule has 224 valence electrons. The Bertz CT molecular complexity index is 2080. The number of halogens is 2. The molecule has 0 saturated carbocycles. The number of sulfonamides is 1. The maximum Gasteiger partial charge on any atom is 0.295 e. The Labute approximate surface area is 250 Å². The fourth-order valence-corrected chi connectivity index (χ4v) is 5.48. The van der Waals surface area contributed by atoms with Crippen molar-refractivity contribution in [3.05, 3.63) is 136 Å². The van der Waals surface area contributed by atoms with Crippen LogP contribution in [-0.4, -0.2) is 29.6 Å². The largest absolute Gasteiger partial charge is 0.322 e. The minimum Gasteiger partial charge on any atom is -0.322 e. The number of amides is 2. The molecule has 13 heteroatoms. The van der Waals surface area contributed by atoms with Gasteiger partial charge in [0.15, 0.2) is 11.6 Å². The van der Waals surface area contributed by atoms with Crippen LogP contribution in [0.3, 0.4) is 0 Å². The number of aromatic nitrogens is 2. The van der Waals surface area contributed by atoms with Crippen molar-refractivity contribution in [1.29, 1.82) is 0 Å². The summed E-state index contributed by atoms with van der Waals surface area (Å²) in [5.41, 5.74) is 1.40. The lowest BCUT2D eigenvalue weighted by molar-refractivity contribution is 0.101. The van der Waals surface area contributed by atoms with Crippen LogP contribution in [0.25, 0.3) is 5.69 Å². The molecular weight excluding hydrogens is 592 g/mol. The van der Waals surface area contributed by atoms with Crippen molar-refractivity contribution in [1.82, 2.24) is 9.36 Å². The zero-order valence-corrected chi connectivity index (χ0v) is 24.2. The number of para-hydroxylation sites is 1. The molecule has 4 aromatic carbocycles. The fraction of sp³-hybridized carbons (Fsp3) is 0.0645. The zero-order chi connectivity index (χ0) is 31.6. The molecule has 0 aliphatic rings. The number of hydrogen-bond acceptors (Lipinski definition) is 5. The van der Waals surface area contributed by atoms with E-state index in [4.69, 9.17) is 0 Å². The Morgan fingerprint density at radius 1 is 0.727 bits per heavy atom. The molecule has 2 amide bonds. The molecule has 0 spiro atoms. The Kier molecular flexibility index (Phi) is 8.14. The van der Waals surface area contributed by atoms with Gasteiger partial charge in [-0.15, -0.1) is 0 Å². The first-order valence-corrected chi connectivity index (χ1v) is 14.6. The van der Waals surface area contributed by atoms with Crippen LogP contribution < -0.4 is 20.9 Å². The Balaban J connectivity index is 1.31. The van der Waals surface area contributed by atoms with Crippen LogP contribution in [0.4, 0.5) is 25.8 Å². The molecule has 0 atom stereocenters. The van der Waals surface area contributed by atoms with Gasteiger partial charge >= 0.3 is 0 Å². The molecule has 0 aliphatic heterocycles. The van der Waals surface area contributed by atoms with Crippen LogP contribution >= 0.6 is 0 Å². The quantitative estimate of drug-likeness (QED) is 0.224. The summed E-state index contributed by atoms with van der Waals surface area (Å²) in [5.74, 6) is -3.69. The number of benzene rings is 4. The number of anilines is 3. The topological polar surface area (TPSA) is 131 Å². The number of carbonyl (C=O) groups excluding carboxylic acids is 2. The maximum atomic E-state index is 13.6. The third kappa shape index (κ3) is 6.13. The molecule has 1 aromatic heterocycles. The highest BCUT2D eigenvalue weighted by atomic mass is 32.2. The smallest absolute Gasteiger partial charge is 0.295 e. The van der Waals surface area contributed by atoms with Gasteiger partial charge < -0.3 is 10.6 Å². The second kappa shape index (κ2) is 12.0. The first kappa shape index (κ1) is 29.9. The molecular formula is C31H25F2N5O5S. The molecule has 0 radical (unpaired) electrons. The van der Waals surface area contributed by atoms with Gasteiger partial charge in [0.1, 0.15) is 5.69 Å². The average molecular weight is 618 g/mol. The number of hydrogen-bond donors (Lipinski definition) is 3. The van der Waals surface area contributed by atoms with Crippen LogP contribution in [0.15, 0.2) is 107 Å². The lowest BCUT2D eigenvalue weighted by Gasteiger charge is -2.11. The predicted octanol–water partition coefficient (Wildman–Crippen LogP) is 5.07. The molecule has 0 fully saturated rings. The van der Waals surface area contributed by atoms with Crippen LogP contribution in [-0.2, 0) is 17.1 Å². The van der Waals surface area contributed by atoms with E-state index in [1.54, 1.807) is 55.1 Å². The minimum atomic E-state index is -4.28. The van der Waals surface area contributed by atoms with Crippen LogP contribution in [0.5, 0.6) is 0 Å². The van der Waals surface area contributed by atoms with Crippen molar-refractivity contribution < 1.29 is 26.8 Å². The molecule has 1 heterocycles. The molecule has 0 saturated heterocycles. The average Bonchev–Trinajstić information content (AvgIpc) is 3.21. The Morgan fingerprint density at radius 2 is 1.34 bits per heavy atom. The van der Waals surface area contributed by atoms with Gasteiger partial charge in [-0.3, -0.25) is 23.8 Å². The van der Waals surface area contributed by atoms with E-state index in [1.807, 2.05) is 6.07 Å². The second-order valence-electron chi connectivity index (χ2n) is 9.69. The highest BCUT2D eigenvalue weighted by Crippen LogP contribution is 2.21. The van der Waals surface area contributed by atoms with E-state index in [0.29, 0.717) is 23.5 Å². The Hall–Kier alpha value is -5.56. The number of carbonyl (C=O) groups is 2. The van der Waals surface area contributed by atoms with Crippen LogP contribution in [0, 0.1) is 18.6 Å². The van der Waals surface area contributed by atoms with Crippen molar-refractivity contribution in [3.8, 4) is 5.69 Å². The molecule has 5 rings (SSSR count). The van der Waals surface area contributed by atoms with Crippen molar-refractivity contribution in [2.75, 3.05) is 15.4 Å². The molecule has 0 aliphatic carbocycles. The third-order valence-electron chi connectivity index (χ3n) is 6.75. The monoisotopic (exact) mass is 617 g/mol. The molecule has 0 unspecified atom stereocenters. The highest BCUT2D eigenvalue weighted by Gasteiger charge is 2.20. The number of rotatable bonds is 8. The van der Waals surface area contributed by atoms with Crippen molar-refractivity contribution in [2.45, 2.75) is 11.8 Å². The van der Waals surface area contributed by atoms with Gasteiger partial charge in [-0.05, 0) is 73.7 Å². The van der Waals surface area contributed by atoms with Gasteiger partial charge in [0.05, 0.1) is 16.3 Å². The second-order valence-corrected chi connectivity index (χ2v) is 11.4.